The van der Waals surface area contributed by atoms with E-state index in [0.29, 0.717) is 26.3 Å². The molecule has 1 saturated heterocycles. The first-order valence-electron chi connectivity index (χ1n) is 10.5. The lowest BCUT2D eigenvalue weighted by Crippen LogP contribution is -2.47. The summed E-state index contributed by atoms with van der Waals surface area (Å²) in [6.45, 7) is 1.50. The van der Waals surface area contributed by atoms with Crippen molar-refractivity contribution >= 4 is 41.0 Å². The highest BCUT2D eigenvalue weighted by Crippen LogP contribution is 2.24. The smallest absolute Gasteiger partial charge is 0.283 e. The first kappa shape index (κ1) is 21.4. The Morgan fingerprint density at radius 2 is 1.91 bits per heavy atom. The van der Waals surface area contributed by atoms with Crippen molar-refractivity contribution in [2.75, 3.05) is 13.1 Å². The number of hydrogen-bond donors (Lipinski definition) is 2. The molecule has 3 aliphatic heterocycles. The second-order valence-corrected chi connectivity index (χ2v) is 9.20. The van der Waals surface area contributed by atoms with Gasteiger partial charge in [-0.15, -0.1) is 0 Å². The van der Waals surface area contributed by atoms with Crippen LogP contribution >= 0.6 is 22.9 Å². The van der Waals surface area contributed by atoms with Crippen molar-refractivity contribution < 1.29 is 9.21 Å². The number of nitrogens with one attached hydrogen (secondary N) is 2. The van der Waals surface area contributed by atoms with Crippen LogP contribution in [0.25, 0.3) is 28.6 Å². The van der Waals surface area contributed by atoms with Crippen molar-refractivity contribution in [3.05, 3.63) is 72.9 Å². The van der Waals surface area contributed by atoms with Gasteiger partial charge in [0.15, 0.2) is 5.49 Å². The number of piperidine rings is 1. The average molecular weight is 482 g/mol. The number of carbonyl (C=O) groups is 1. The predicted molar refractivity (Wildman–Crippen MR) is 126 cm³/mol. The Morgan fingerprint density at radius 3 is 2.67 bits per heavy atom. The molecule has 8 nitrogen and oxygen atoms in total. The monoisotopic (exact) mass is 481 g/mol. The Kier molecular flexibility index (Phi) is 5.74. The molecule has 0 saturated carbocycles. The van der Waals surface area contributed by atoms with Crippen LogP contribution in [0.1, 0.15) is 25.0 Å². The van der Waals surface area contributed by atoms with E-state index in [1.807, 2.05) is 17.0 Å². The molecule has 0 unspecified atom stereocenters. The van der Waals surface area contributed by atoms with Crippen molar-refractivity contribution in [1.29, 1.82) is 5.41 Å². The van der Waals surface area contributed by atoms with Gasteiger partial charge in [-0.25, -0.2) is 4.68 Å². The number of nitrogens with zero attached hydrogens (tertiary/aromatic N) is 3. The van der Waals surface area contributed by atoms with Gasteiger partial charge in [0.1, 0.15) is 16.2 Å². The van der Waals surface area contributed by atoms with Crippen molar-refractivity contribution in [3.8, 4) is 16.5 Å². The molecule has 3 aliphatic rings. The predicted octanol–water partition coefficient (Wildman–Crippen LogP) is 2.07. The quantitative estimate of drug-likeness (QED) is 0.467. The van der Waals surface area contributed by atoms with Crippen LogP contribution in [0.2, 0.25) is 5.02 Å². The maximum atomic E-state index is 12.6. The SMILES string of the molecule is N=c1/c(=C/c2ccc(-c3ccc(Cl)cc3)o2)c(=O)nc2s/c(=C/C(=O)N3CCCCC3)[nH]n1-2. The fourth-order valence-corrected chi connectivity index (χ4v) is 4.75. The molecule has 0 bridgehead atoms. The van der Waals surface area contributed by atoms with E-state index >= 15 is 0 Å². The molecule has 1 aromatic heterocycles. The Morgan fingerprint density at radius 1 is 1.15 bits per heavy atom. The van der Waals surface area contributed by atoms with Gasteiger partial charge in [0, 0.05) is 29.8 Å². The van der Waals surface area contributed by atoms with Crippen LogP contribution in [0, 0.1) is 5.41 Å². The molecule has 1 aromatic carbocycles. The Labute approximate surface area is 196 Å². The maximum absolute atomic E-state index is 12.6. The zero-order valence-electron chi connectivity index (χ0n) is 17.5. The second-order valence-electron chi connectivity index (χ2n) is 7.76. The highest BCUT2D eigenvalue weighted by atomic mass is 35.5. The molecule has 0 aliphatic carbocycles. The molecule has 168 valence electrons. The van der Waals surface area contributed by atoms with Crippen LogP contribution < -0.4 is 20.9 Å². The van der Waals surface area contributed by atoms with Gasteiger partial charge < -0.3 is 9.32 Å². The van der Waals surface area contributed by atoms with Gasteiger partial charge in [0.2, 0.25) is 11.0 Å². The number of halogens is 1. The molecule has 33 heavy (non-hydrogen) atoms. The molecule has 1 fully saturated rings. The first-order valence-corrected chi connectivity index (χ1v) is 11.7. The zero-order chi connectivity index (χ0) is 22.9. The molecule has 2 aromatic rings. The maximum Gasteiger partial charge on any atom is 0.283 e. The Bertz CT molecular complexity index is 1520. The normalized spacial score (nSPS) is 15.5. The average Bonchev–Trinajstić information content (AvgIpc) is 3.45. The molecule has 0 spiro atoms. The van der Waals surface area contributed by atoms with Crippen molar-refractivity contribution in [1.82, 2.24) is 19.7 Å². The van der Waals surface area contributed by atoms with E-state index in [9.17, 15) is 9.59 Å². The molecule has 0 atom stereocenters. The number of fused-ring (bicyclic) bond motifs is 1. The lowest BCUT2D eigenvalue weighted by molar-refractivity contribution is -0.125. The number of aromatic nitrogens is 3. The second kappa shape index (κ2) is 8.84. The Hall–Kier alpha value is -3.43. The van der Waals surface area contributed by atoms with Crippen LogP contribution in [0.5, 0.6) is 0 Å². The largest absolute Gasteiger partial charge is 0.457 e. The third-order valence-electron chi connectivity index (χ3n) is 5.49. The number of aromatic amines is 1. The molecule has 0 radical (unpaired) electrons. The van der Waals surface area contributed by atoms with Crippen LogP contribution in [-0.4, -0.2) is 38.7 Å². The number of hydrogen-bond acceptors (Lipinski definition) is 6. The number of amides is 1. The topological polar surface area (TPSA) is 108 Å². The van der Waals surface area contributed by atoms with Gasteiger partial charge in [-0.2, -0.15) is 4.98 Å². The van der Waals surface area contributed by atoms with Crippen LogP contribution in [0.4, 0.5) is 0 Å². The number of rotatable bonds is 3. The Balaban J connectivity index is 1.51. The number of H-pyrrole nitrogens is 1. The molecule has 5 rings (SSSR count). The summed E-state index contributed by atoms with van der Waals surface area (Å²) >= 11 is 7.10. The van der Waals surface area contributed by atoms with Crippen LogP contribution in [0.3, 0.4) is 0 Å². The zero-order valence-corrected chi connectivity index (χ0v) is 19.1. The third-order valence-corrected chi connectivity index (χ3v) is 6.62. The minimum Gasteiger partial charge on any atom is -0.457 e. The summed E-state index contributed by atoms with van der Waals surface area (Å²) < 4.78 is 7.77. The van der Waals surface area contributed by atoms with Crippen molar-refractivity contribution in [2.45, 2.75) is 19.3 Å². The summed E-state index contributed by atoms with van der Waals surface area (Å²) in [4.78, 5) is 31.1. The van der Waals surface area contributed by atoms with Gasteiger partial charge in [-0.05, 0) is 61.7 Å². The van der Waals surface area contributed by atoms with Gasteiger partial charge in [-0.1, -0.05) is 22.9 Å². The summed E-state index contributed by atoms with van der Waals surface area (Å²) in [5.41, 5.74) is 0.254. The van der Waals surface area contributed by atoms with Gasteiger partial charge in [0.25, 0.3) is 5.56 Å². The van der Waals surface area contributed by atoms with E-state index in [1.165, 1.54) is 16.8 Å². The summed E-state index contributed by atoms with van der Waals surface area (Å²) in [6.07, 6.45) is 6.16. The summed E-state index contributed by atoms with van der Waals surface area (Å²) in [6, 6.07) is 10.7. The molecular formula is C23H20ClN5O3S. The van der Waals surface area contributed by atoms with Gasteiger partial charge in [-0.3, -0.25) is 20.1 Å². The number of benzene rings is 1. The van der Waals surface area contributed by atoms with Crippen molar-refractivity contribution in [2.24, 2.45) is 0 Å². The molecule has 10 heteroatoms. The minimum absolute atomic E-state index is 0.0595. The van der Waals surface area contributed by atoms with Crippen LogP contribution in [0.15, 0.2) is 45.6 Å². The summed E-state index contributed by atoms with van der Waals surface area (Å²) in [7, 11) is 0. The van der Waals surface area contributed by atoms with E-state index in [-0.39, 0.29) is 16.6 Å². The molecule has 2 N–H and O–H groups in total. The number of furan rings is 1. The van der Waals surface area contributed by atoms with Crippen LogP contribution in [-0.2, 0) is 4.79 Å². The lowest BCUT2D eigenvalue weighted by Gasteiger charge is -2.25. The highest BCUT2D eigenvalue weighted by molar-refractivity contribution is 7.11. The lowest BCUT2D eigenvalue weighted by atomic mass is 10.1. The molecule has 1 amide bonds. The van der Waals surface area contributed by atoms with Crippen molar-refractivity contribution in [3.63, 3.8) is 0 Å². The fourth-order valence-electron chi connectivity index (χ4n) is 3.77. The third kappa shape index (κ3) is 4.42. The molecular weight excluding hydrogens is 462 g/mol. The van der Waals surface area contributed by atoms with Gasteiger partial charge >= 0.3 is 0 Å². The number of carbonyl (C=O) groups excluding carboxylic acids is 1. The van der Waals surface area contributed by atoms with E-state index < -0.39 is 5.56 Å². The summed E-state index contributed by atoms with van der Waals surface area (Å²) in [5.74, 6) is 0.965. The standard InChI is InChI=1S/C23H20ClN5O3S/c24-15-6-4-14(5-7-15)18-9-8-16(32-18)12-17-21(25)29-23(26-22(17)31)33-19(27-29)13-20(30)28-10-2-1-3-11-28/h4-9,12-13,25,27H,1-3,10-11H2/b17-12-,19-13+,25-21?. The summed E-state index contributed by atoms with van der Waals surface area (Å²) in [5, 5.41) is 12.6. The first-order chi connectivity index (χ1) is 16.0. The van der Waals surface area contributed by atoms with E-state index in [1.54, 1.807) is 24.3 Å². The van der Waals surface area contributed by atoms with E-state index in [0.717, 1.165) is 49.3 Å². The minimum atomic E-state index is -0.534. The number of likely N-dealkylation sites (tertiary alicyclic amines) is 1. The van der Waals surface area contributed by atoms with E-state index in [2.05, 4.69) is 10.1 Å². The highest BCUT2D eigenvalue weighted by Gasteiger charge is 2.16. The fraction of sp³-hybridized carbons (Fsp3) is 0.217. The van der Waals surface area contributed by atoms with E-state index in [4.69, 9.17) is 21.4 Å². The van der Waals surface area contributed by atoms with Gasteiger partial charge in [0.05, 0.1) is 5.22 Å². The molecule has 4 heterocycles.